The molecule has 1 unspecified atom stereocenters. The topological polar surface area (TPSA) is 40.6 Å². The number of nitrogens with zero attached hydrogens (tertiary/aromatic N) is 2. The van der Waals surface area contributed by atoms with Crippen molar-refractivity contribution in [1.29, 1.82) is 0 Å². The van der Waals surface area contributed by atoms with Crippen LogP contribution in [-0.2, 0) is 9.59 Å². The number of hydrogen-bond donors (Lipinski definition) is 0. The fourth-order valence-electron chi connectivity index (χ4n) is 2.87. The first kappa shape index (κ1) is 14.1. The summed E-state index contributed by atoms with van der Waals surface area (Å²) in [5.41, 5.74) is 0.776. The summed E-state index contributed by atoms with van der Waals surface area (Å²) in [4.78, 5) is 28.2. The van der Waals surface area contributed by atoms with E-state index in [1.54, 1.807) is 15.9 Å². The lowest BCUT2D eigenvalue weighted by Crippen LogP contribution is -2.61. The van der Waals surface area contributed by atoms with E-state index in [-0.39, 0.29) is 24.4 Å². The molecule has 2 amide bonds. The molecule has 6 heteroatoms. The summed E-state index contributed by atoms with van der Waals surface area (Å²) in [6.07, 6.45) is 2.77. The summed E-state index contributed by atoms with van der Waals surface area (Å²) in [6.45, 7) is 0.841. The molecule has 1 aromatic carbocycles. The Labute approximate surface area is 136 Å². The molecule has 1 atom stereocenters. The van der Waals surface area contributed by atoms with Crippen molar-refractivity contribution in [3.63, 3.8) is 0 Å². The van der Waals surface area contributed by atoms with Gasteiger partial charge < -0.3 is 9.80 Å². The number of carbonyl (C=O) groups is 2. The number of halogens is 2. The van der Waals surface area contributed by atoms with E-state index < -0.39 is 0 Å². The lowest BCUT2D eigenvalue weighted by molar-refractivity contribution is -0.144. The molecule has 0 aliphatic carbocycles. The average molecular weight is 405 g/mol. The van der Waals surface area contributed by atoms with Gasteiger partial charge in [-0.05, 0) is 60.1 Å². The molecule has 0 radical (unpaired) electrons. The standard InChI is InChI=1S/C14H14ClIN2O2/c15-9-4-5-11(10(16)7-9)18-8-13(19)17-6-2-1-3-12(17)14(18)20/h4-5,7,12H,1-3,6,8H2. The summed E-state index contributed by atoms with van der Waals surface area (Å²) >= 11 is 8.10. The zero-order chi connectivity index (χ0) is 14.3. The van der Waals surface area contributed by atoms with E-state index in [1.807, 2.05) is 12.1 Å². The summed E-state index contributed by atoms with van der Waals surface area (Å²) < 4.78 is 0.889. The van der Waals surface area contributed by atoms with Crippen molar-refractivity contribution in [1.82, 2.24) is 4.90 Å². The van der Waals surface area contributed by atoms with Crippen LogP contribution < -0.4 is 4.90 Å². The maximum absolute atomic E-state index is 12.6. The largest absolute Gasteiger partial charge is 0.329 e. The van der Waals surface area contributed by atoms with E-state index in [0.717, 1.165) is 28.5 Å². The van der Waals surface area contributed by atoms with Crippen LogP contribution in [0.5, 0.6) is 0 Å². The van der Waals surface area contributed by atoms with Crippen LogP contribution in [0.2, 0.25) is 5.02 Å². The van der Waals surface area contributed by atoms with Crippen LogP contribution >= 0.6 is 34.2 Å². The third-order valence-corrected chi connectivity index (χ3v) is 4.97. The van der Waals surface area contributed by atoms with Crippen LogP contribution in [-0.4, -0.2) is 35.8 Å². The van der Waals surface area contributed by atoms with E-state index in [2.05, 4.69) is 22.6 Å². The summed E-state index contributed by atoms with van der Waals surface area (Å²) in [5.74, 6) is 0.0737. The van der Waals surface area contributed by atoms with E-state index in [0.29, 0.717) is 11.6 Å². The number of benzene rings is 1. The number of piperazine rings is 1. The Morgan fingerprint density at radius 2 is 2.05 bits per heavy atom. The molecule has 2 aliphatic rings. The predicted octanol–water partition coefficient (Wildman–Crippen LogP) is 2.67. The van der Waals surface area contributed by atoms with Crippen LogP contribution in [0.25, 0.3) is 0 Å². The average Bonchev–Trinajstić information content (AvgIpc) is 2.43. The molecule has 1 aromatic rings. The SMILES string of the molecule is O=C1C2CCCCN2C(=O)CN1c1ccc(Cl)cc1I. The second kappa shape index (κ2) is 5.52. The van der Waals surface area contributed by atoms with E-state index in [1.165, 1.54) is 0 Å². The Balaban J connectivity index is 1.94. The highest BCUT2D eigenvalue weighted by atomic mass is 127. The summed E-state index contributed by atoms with van der Waals surface area (Å²) in [7, 11) is 0. The van der Waals surface area contributed by atoms with Crippen molar-refractivity contribution >= 4 is 51.7 Å². The Morgan fingerprint density at radius 1 is 1.25 bits per heavy atom. The summed E-state index contributed by atoms with van der Waals surface area (Å²) in [6, 6.07) is 5.09. The lowest BCUT2D eigenvalue weighted by Gasteiger charge is -2.42. The van der Waals surface area contributed by atoms with Gasteiger partial charge in [-0.1, -0.05) is 11.6 Å². The molecule has 2 saturated heterocycles. The smallest absolute Gasteiger partial charge is 0.250 e. The first-order valence-electron chi connectivity index (χ1n) is 6.64. The zero-order valence-electron chi connectivity index (χ0n) is 10.8. The predicted molar refractivity (Wildman–Crippen MR) is 85.9 cm³/mol. The van der Waals surface area contributed by atoms with Gasteiger partial charge in [0.2, 0.25) is 11.8 Å². The van der Waals surface area contributed by atoms with E-state index >= 15 is 0 Å². The molecule has 3 rings (SSSR count). The van der Waals surface area contributed by atoms with Crippen molar-refractivity contribution in [2.45, 2.75) is 25.3 Å². The van der Waals surface area contributed by atoms with Crippen molar-refractivity contribution in [2.75, 3.05) is 18.0 Å². The molecular weight excluding hydrogens is 391 g/mol. The van der Waals surface area contributed by atoms with Gasteiger partial charge in [0, 0.05) is 15.1 Å². The van der Waals surface area contributed by atoms with Crippen LogP contribution in [0.15, 0.2) is 18.2 Å². The van der Waals surface area contributed by atoms with E-state index in [4.69, 9.17) is 11.6 Å². The van der Waals surface area contributed by atoms with Gasteiger partial charge in [0.15, 0.2) is 0 Å². The first-order chi connectivity index (χ1) is 9.58. The van der Waals surface area contributed by atoms with Gasteiger partial charge in [-0.25, -0.2) is 0 Å². The first-order valence-corrected chi connectivity index (χ1v) is 8.09. The molecule has 2 aliphatic heterocycles. The summed E-state index contributed by atoms with van der Waals surface area (Å²) in [5, 5.41) is 0.633. The van der Waals surface area contributed by atoms with Crippen molar-refractivity contribution in [3.8, 4) is 0 Å². The Morgan fingerprint density at radius 3 is 2.80 bits per heavy atom. The third-order valence-electron chi connectivity index (χ3n) is 3.87. The molecule has 20 heavy (non-hydrogen) atoms. The molecule has 0 aromatic heterocycles. The highest BCUT2D eigenvalue weighted by molar-refractivity contribution is 14.1. The number of carbonyl (C=O) groups excluding carboxylic acids is 2. The highest BCUT2D eigenvalue weighted by Crippen LogP contribution is 2.31. The Kier molecular flexibility index (Phi) is 3.90. The Bertz CT molecular complexity index is 578. The van der Waals surface area contributed by atoms with Gasteiger partial charge in [0.05, 0.1) is 5.69 Å². The normalized spacial score (nSPS) is 23.0. The molecule has 0 bridgehead atoms. The third kappa shape index (κ3) is 2.41. The number of rotatable bonds is 1. The highest BCUT2D eigenvalue weighted by Gasteiger charge is 2.41. The number of piperidine rings is 1. The minimum absolute atomic E-state index is 0.0320. The quantitative estimate of drug-likeness (QED) is 0.675. The van der Waals surface area contributed by atoms with Crippen LogP contribution in [0.4, 0.5) is 5.69 Å². The van der Waals surface area contributed by atoms with Gasteiger partial charge in [-0.15, -0.1) is 0 Å². The minimum Gasteiger partial charge on any atom is -0.329 e. The molecule has 0 N–H and O–H groups in total. The van der Waals surface area contributed by atoms with E-state index in [9.17, 15) is 9.59 Å². The van der Waals surface area contributed by atoms with Gasteiger partial charge in [-0.3, -0.25) is 9.59 Å². The maximum Gasteiger partial charge on any atom is 0.250 e. The monoisotopic (exact) mass is 404 g/mol. The fraction of sp³-hybridized carbons (Fsp3) is 0.429. The molecule has 0 saturated carbocycles. The number of amides is 2. The second-order valence-corrected chi connectivity index (χ2v) is 6.72. The lowest BCUT2D eigenvalue weighted by atomic mass is 9.98. The van der Waals surface area contributed by atoms with Crippen LogP contribution in [0.3, 0.4) is 0 Å². The van der Waals surface area contributed by atoms with Crippen molar-refractivity contribution in [3.05, 3.63) is 26.8 Å². The second-order valence-electron chi connectivity index (χ2n) is 5.12. The van der Waals surface area contributed by atoms with Gasteiger partial charge in [0.1, 0.15) is 12.6 Å². The number of fused-ring (bicyclic) bond motifs is 1. The van der Waals surface area contributed by atoms with Crippen molar-refractivity contribution < 1.29 is 9.59 Å². The number of anilines is 1. The molecule has 4 nitrogen and oxygen atoms in total. The molecule has 2 heterocycles. The van der Waals surface area contributed by atoms with Crippen LogP contribution in [0.1, 0.15) is 19.3 Å². The zero-order valence-corrected chi connectivity index (χ0v) is 13.7. The molecule has 106 valence electrons. The Hall–Kier alpha value is -0.820. The fourth-order valence-corrected chi connectivity index (χ4v) is 4.04. The van der Waals surface area contributed by atoms with Gasteiger partial charge >= 0.3 is 0 Å². The maximum atomic E-state index is 12.6. The van der Waals surface area contributed by atoms with Crippen molar-refractivity contribution in [2.24, 2.45) is 0 Å². The number of hydrogen-bond acceptors (Lipinski definition) is 2. The molecular formula is C14H14ClIN2O2. The van der Waals surface area contributed by atoms with Gasteiger partial charge in [-0.2, -0.15) is 0 Å². The minimum atomic E-state index is -0.281. The molecule has 2 fully saturated rings. The molecule has 0 spiro atoms. The van der Waals surface area contributed by atoms with Gasteiger partial charge in [0.25, 0.3) is 0 Å². The van der Waals surface area contributed by atoms with Crippen LogP contribution in [0, 0.1) is 3.57 Å².